The number of H-pyrrole nitrogens is 1. The second kappa shape index (κ2) is 4.81. The van der Waals surface area contributed by atoms with Crippen molar-refractivity contribution >= 4 is 11.9 Å². The van der Waals surface area contributed by atoms with Gasteiger partial charge in [0, 0.05) is 43.4 Å². The van der Waals surface area contributed by atoms with Crippen molar-refractivity contribution in [2.24, 2.45) is 11.3 Å². The summed E-state index contributed by atoms with van der Waals surface area (Å²) in [7, 11) is 0. The molecule has 118 valence electrons. The summed E-state index contributed by atoms with van der Waals surface area (Å²) in [5.74, 6) is -0.931. The highest BCUT2D eigenvalue weighted by Gasteiger charge is 2.56. The Morgan fingerprint density at radius 2 is 2.14 bits per heavy atom. The Morgan fingerprint density at radius 1 is 1.32 bits per heavy atom. The van der Waals surface area contributed by atoms with Gasteiger partial charge in [-0.05, 0) is 25.7 Å². The van der Waals surface area contributed by atoms with E-state index in [1.807, 2.05) is 0 Å². The molecular formula is C15H20N4O3. The molecule has 3 heterocycles. The molecule has 1 amide bonds. The van der Waals surface area contributed by atoms with Crippen LogP contribution in [0.25, 0.3) is 0 Å². The average Bonchev–Trinajstić information content (AvgIpc) is 3.18. The fraction of sp³-hybridized carbons (Fsp3) is 0.667. The van der Waals surface area contributed by atoms with Gasteiger partial charge in [0.15, 0.2) is 5.69 Å². The predicted octanol–water partition coefficient (Wildman–Crippen LogP) is 0.0347. The molecule has 2 atom stereocenters. The van der Waals surface area contributed by atoms with Crippen LogP contribution in [0.5, 0.6) is 0 Å². The van der Waals surface area contributed by atoms with Crippen LogP contribution in [0.3, 0.4) is 0 Å². The summed E-state index contributed by atoms with van der Waals surface area (Å²) in [6, 6.07) is 0. The Morgan fingerprint density at radius 3 is 2.91 bits per heavy atom. The van der Waals surface area contributed by atoms with Gasteiger partial charge in [0.2, 0.25) is 0 Å². The summed E-state index contributed by atoms with van der Waals surface area (Å²) in [4.78, 5) is 26.2. The summed E-state index contributed by atoms with van der Waals surface area (Å²) in [5.41, 5.74) is 1.79. The van der Waals surface area contributed by atoms with Gasteiger partial charge < -0.3 is 15.3 Å². The molecule has 2 aliphatic heterocycles. The summed E-state index contributed by atoms with van der Waals surface area (Å²) >= 11 is 0. The summed E-state index contributed by atoms with van der Waals surface area (Å²) in [6.07, 6.45) is 4.04. The van der Waals surface area contributed by atoms with E-state index in [-0.39, 0.29) is 18.4 Å². The highest BCUT2D eigenvalue weighted by molar-refractivity contribution is 5.95. The minimum Gasteiger partial charge on any atom is -0.481 e. The molecule has 3 aliphatic rings. The molecule has 0 aromatic carbocycles. The van der Waals surface area contributed by atoms with Gasteiger partial charge in [0.05, 0.1) is 0 Å². The molecule has 2 fully saturated rings. The number of likely N-dealkylation sites (tertiary alicyclic amines) is 1. The number of amides is 1. The van der Waals surface area contributed by atoms with Gasteiger partial charge in [-0.25, -0.2) is 0 Å². The lowest BCUT2D eigenvalue weighted by Gasteiger charge is -2.22. The van der Waals surface area contributed by atoms with E-state index in [4.69, 9.17) is 0 Å². The molecule has 0 bridgehead atoms. The summed E-state index contributed by atoms with van der Waals surface area (Å²) in [6.45, 7) is 1.88. The molecule has 4 rings (SSSR count). The number of nitrogens with zero attached hydrogens (tertiary/aromatic N) is 2. The van der Waals surface area contributed by atoms with Crippen LogP contribution in [0.1, 0.15) is 34.6 Å². The minimum atomic E-state index is -0.827. The molecule has 0 spiro atoms. The van der Waals surface area contributed by atoms with E-state index in [1.165, 1.54) is 0 Å². The van der Waals surface area contributed by atoms with E-state index in [0.29, 0.717) is 25.3 Å². The van der Waals surface area contributed by atoms with Crippen LogP contribution < -0.4 is 5.32 Å². The molecule has 0 unspecified atom stereocenters. The quantitative estimate of drug-likeness (QED) is 0.716. The van der Waals surface area contributed by atoms with E-state index in [9.17, 15) is 14.7 Å². The van der Waals surface area contributed by atoms with Crippen molar-refractivity contribution in [2.45, 2.75) is 25.7 Å². The number of aryl methyl sites for hydroxylation is 1. The van der Waals surface area contributed by atoms with Gasteiger partial charge in [-0.3, -0.25) is 14.7 Å². The van der Waals surface area contributed by atoms with Gasteiger partial charge in [-0.1, -0.05) is 0 Å². The van der Waals surface area contributed by atoms with Crippen molar-refractivity contribution in [3.63, 3.8) is 0 Å². The van der Waals surface area contributed by atoms with Crippen LogP contribution in [0.4, 0.5) is 0 Å². The number of aromatic nitrogens is 2. The minimum absolute atomic E-state index is 0.0104. The van der Waals surface area contributed by atoms with E-state index < -0.39 is 11.4 Å². The third-order valence-electron chi connectivity index (χ3n) is 5.50. The van der Waals surface area contributed by atoms with Crippen LogP contribution in [-0.2, 0) is 17.6 Å². The van der Waals surface area contributed by atoms with Gasteiger partial charge in [0.25, 0.3) is 5.91 Å². The molecule has 3 N–H and O–H groups in total. The first-order chi connectivity index (χ1) is 10.6. The number of carboxylic acid groups (broad SMARTS) is 1. The predicted molar refractivity (Wildman–Crippen MR) is 77.6 cm³/mol. The fourth-order valence-electron chi connectivity index (χ4n) is 4.18. The monoisotopic (exact) mass is 304 g/mol. The number of rotatable bonds is 2. The number of hydrogen-bond donors (Lipinski definition) is 3. The van der Waals surface area contributed by atoms with Crippen LogP contribution in [-0.4, -0.2) is 58.3 Å². The number of hydrogen-bond acceptors (Lipinski definition) is 4. The lowest BCUT2D eigenvalue weighted by atomic mass is 9.81. The van der Waals surface area contributed by atoms with Gasteiger partial charge >= 0.3 is 5.97 Å². The van der Waals surface area contributed by atoms with Crippen molar-refractivity contribution in [3.05, 3.63) is 17.0 Å². The number of carbonyl (C=O) groups is 2. The Kier molecular flexibility index (Phi) is 3.00. The van der Waals surface area contributed by atoms with Gasteiger partial charge in [-0.15, -0.1) is 0 Å². The topological polar surface area (TPSA) is 98.3 Å². The standard InChI is InChI=1S/C15H20N4O3/c20-13(12-10-3-1-2-4-11(10)17-18-12)19-6-9-5-16-7-15(9,8-19)14(21)22/h9,16H,1-8H2,(H,17,18)(H,21,22)/t9-,15-/m0/s1. The second-order valence-electron chi connectivity index (χ2n) is 6.71. The van der Waals surface area contributed by atoms with Crippen LogP contribution in [0.2, 0.25) is 0 Å². The van der Waals surface area contributed by atoms with Crippen molar-refractivity contribution in [3.8, 4) is 0 Å². The number of aromatic amines is 1. The molecule has 1 aromatic heterocycles. The van der Waals surface area contributed by atoms with Gasteiger partial charge in [0.1, 0.15) is 5.41 Å². The molecule has 1 aromatic rings. The number of nitrogens with one attached hydrogen (secondary N) is 2. The SMILES string of the molecule is O=C(c1n[nH]c2c1CCCC2)N1C[C@@H]2CNC[C@]2(C(=O)O)C1. The van der Waals surface area contributed by atoms with E-state index in [0.717, 1.165) is 36.9 Å². The van der Waals surface area contributed by atoms with E-state index >= 15 is 0 Å². The molecule has 0 saturated carbocycles. The maximum atomic E-state index is 12.8. The molecule has 2 saturated heterocycles. The fourth-order valence-corrected chi connectivity index (χ4v) is 4.18. The Labute approximate surface area is 128 Å². The normalized spacial score (nSPS) is 30.2. The highest BCUT2D eigenvalue weighted by atomic mass is 16.4. The zero-order valence-corrected chi connectivity index (χ0v) is 12.4. The number of carbonyl (C=O) groups excluding carboxylic acids is 1. The highest BCUT2D eigenvalue weighted by Crippen LogP contribution is 2.40. The van der Waals surface area contributed by atoms with Crippen molar-refractivity contribution in [2.75, 3.05) is 26.2 Å². The Bertz CT molecular complexity index is 641. The first-order valence-corrected chi connectivity index (χ1v) is 7.91. The van der Waals surface area contributed by atoms with Crippen molar-refractivity contribution < 1.29 is 14.7 Å². The van der Waals surface area contributed by atoms with Gasteiger partial charge in [-0.2, -0.15) is 5.10 Å². The lowest BCUT2D eigenvalue weighted by Crippen LogP contribution is -2.41. The molecule has 7 heteroatoms. The first kappa shape index (κ1) is 13.8. The Balaban J connectivity index is 1.60. The summed E-state index contributed by atoms with van der Waals surface area (Å²) in [5, 5.41) is 20.0. The van der Waals surface area contributed by atoms with E-state index in [2.05, 4.69) is 15.5 Å². The third kappa shape index (κ3) is 1.81. The van der Waals surface area contributed by atoms with Crippen molar-refractivity contribution in [1.82, 2.24) is 20.4 Å². The van der Waals surface area contributed by atoms with Crippen LogP contribution in [0, 0.1) is 11.3 Å². The zero-order valence-electron chi connectivity index (χ0n) is 12.4. The van der Waals surface area contributed by atoms with Crippen LogP contribution >= 0.6 is 0 Å². The zero-order chi connectivity index (χ0) is 15.3. The molecule has 0 radical (unpaired) electrons. The summed E-state index contributed by atoms with van der Waals surface area (Å²) < 4.78 is 0. The number of aliphatic carboxylic acids is 1. The maximum absolute atomic E-state index is 12.8. The molecule has 22 heavy (non-hydrogen) atoms. The Hall–Kier alpha value is -1.89. The van der Waals surface area contributed by atoms with E-state index in [1.54, 1.807) is 4.90 Å². The molecule has 1 aliphatic carbocycles. The molecular weight excluding hydrogens is 284 g/mol. The van der Waals surface area contributed by atoms with Crippen molar-refractivity contribution in [1.29, 1.82) is 0 Å². The number of carboxylic acids is 1. The maximum Gasteiger partial charge on any atom is 0.313 e. The lowest BCUT2D eigenvalue weighted by molar-refractivity contribution is -0.148. The van der Waals surface area contributed by atoms with Crippen LogP contribution in [0.15, 0.2) is 0 Å². The largest absolute Gasteiger partial charge is 0.481 e. The smallest absolute Gasteiger partial charge is 0.313 e. The second-order valence-corrected chi connectivity index (χ2v) is 6.71. The number of fused-ring (bicyclic) bond motifs is 2. The average molecular weight is 304 g/mol. The first-order valence-electron chi connectivity index (χ1n) is 7.91. The molecule has 7 nitrogen and oxygen atoms in total. The third-order valence-corrected chi connectivity index (χ3v) is 5.50.